The van der Waals surface area contributed by atoms with Crippen molar-refractivity contribution in [1.29, 1.82) is 0 Å². The Balaban J connectivity index is 1.74. The molecule has 3 atom stereocenters. The number of hydrogen-bond acceptors (Lipinski definition) is 4. The molecule has 2 saturated heterocycles. The molecule has 6 nitrogen and oxygen atoms in total. The summed E-state index contributed by atoms with van der Waals surface area (Å²) in [7, 11) is 2.08. The fourth-order valence-corrected chi connectivity index (χ4v) is 4.93. The molecule has 3 aliphatic rings. The highest BCUT2D eigenvalue weighted by Gasteiger charge is 2.57. The average Bonchev–Trinajstić information content (AvgIpc) is 2.95. The van der Waals surface area contributed by atoms with Crippen LogP contribution in [0.3, 0.4) is 0 Å². The van der Waals surface area contributed by atoms with Crippen LogP contribution in [0.25, 0.3) is 0 Å². The molecule has 4 rings (SSSR count). The third-order valence-electron chi connectivity index (χ3n) is 6.58. The highest BCUT2D eigenvalue weighted by Crippen LogP contribution is 2.45. The van der Waals surface area contributed by atoms with E-state index >= 15 is 0 Å². The number of aliphatic carboxylic acids is 1. The molecule has 0 saturated carbocycles. The number of carbonyl (C=O) groups is 3. The Labute approximate surface area is 146 Å². The van der Waals surface area contributed by atoms with Crippen LogP contribution in [0.4, 0.5) is 0 Å². The fraction of sp³-hybridized carbons (Fsp3) is 0.526. The number of imide groups is 1. The second-order valence-electron chi connectivity index (χ2n) is 7.66. The van der Waals surface area contributed by atoms with Crippen molar-refractivity contribution in [1.82, 2.24) is 9.80 Å². The summed E-state index contributed by atoms with van der Waals surface area (Å²) >= 11 is 0. The quantitative estimate of drug-likeness (QED) is 0.850. The van der Waals surface area contributed by atoms with Crippen molar-refractivity contribution in [3.8, 4) is 0 Å². The molecule has 3 unspecified atom stereocenters. The molecular formula is C19H22N2O4. The molecule has 2 fully saturated rings. The van der Waals surface area contributed by atoms with Crippen LogP contribution in [0.1, 0.15) is 53.3 Å². The van der Waals surface area contributed by atoms with Gasteiger partial charge in [-0.25, -0.2) is 4.79 Å². The minimum absolute atomic E-state index is 0.235. The molecule has 1 aromatic rings. The number of carbonyl (C=O) groups excluding carboxylic acids is 2. The van der Waals surface area contributed by atoms with E-state index in [1.807, 2.05) is 0 Å². The number of nitrogens with zero attached hydrogens (tertiary/aromatic N) is 2. The molecule has 3 aliphatic heterocycles. The summed E-state index contributed by atoms with van der Waals surface area (Å²) in [6.07, 6.45) is 3.50. The molecule has 1 N–H and O–H groups in total. The Morgan fingerprint density at radius 2 is 1.56 bits per heavy atom. The van der Waals surface area contributed by atoms with Gasteiger partial charge in [0, 0.05) is 12.1 Å². The Morgan fingerprint density at radius 3 is 2.00 bits per heavy atom. The summed E-state index contributed by atoms with van der Waals surface area (Å²) in [5.41, 5.74) is -0.915. The molecule has 1 aromatic carbocycles. The van der Waals surface area contributed by atoms with E-state index in [1.165, 1.54) is 0 Å². The number of benzene rings is 1. The van der Waals surface area contributed by atoms with Crippen molar-refractivity contribution in [2.75, 3.05) is 7.05 Å². The Hall–Kier alpha value is -2.21. The number of amides is 2. The van der Waals surface area contributed by atoms with Crippen molar-refractivity contribution in [2.24, 2.45) is 5.92 Å². The van der Waals surface area contributed by atoms with Crippen LogP contribution in [-0.2, 0) is 4.79 Å². The van der Waals surface area contributed by atoms with Gasteiger partial charge in [-0.1, -0.05) is 12.1 Å². The van der Waals surface area contributed by atoms with Crippen LogP contribution in [0, 0.1) is 5.92 Å². The predicted octanol–water partition coefficient (Wildman–Crippen LogP) is 2.00. The summed E-state index contributed by atoms with van der Waals surface area (Å²) in [5, 5.41) is 10.1. The molecule has 0 aromatic heterocycles. The number of piperidine rings is 1. The summed E-state index contributed by atoms with van der Waals surface area (Å²) < 4.78 is 0. The Kier molecular flexibility index (Phi) is 3.51. The largest absolute Gasteiger partial charge is 0.479 e. The first-order valence-electron chi connectivity index (χ1n) is 8.79. The van der Waals surface area contributed by atoms with E-state index < -0.39 is 23.3 Å². The fourth-order valence-electron chi connectivity index (χ4n) is 4.93. The van der Waals surface area contributed by atoms with Gasteiger partial charge in [0.1, 0.15) is 5.54 Å². The Bertz CT molecular complexity index is 727. The van der Waals surface area contributed by atoms with Gasteiger partial charge in [-0.2, -0.15) is 0 Å². The summed E-state index contributed by atoms with van der Waals surface area (Å²) in [6.45, 7) is 1.55. The van der Waals surface area contributed by atoms with Gasteiger partial charge >= 0.3 is 5.97 Å². The van der Waals surface area contributed by atoms with Crippen molar-refractivity contribution in [3.63, 3.8) is 0 Å². The molecule has 0 spiro atoms. The first-order chi connectivity index (χ1) is 11.9. The summed E-state index contributed by atoms with van der Waals surface area (Å²) in [5.74, 6) is -2.31. The van der Waals surface area contributed by atoms with Gasteiger partial charge in [0.15, 0.2) is 0 Å². The third kappa shape index (κ3) is 2.10. The lowest BCUT2D eigenvalue weighted by molar-refractivity contribution is -0.152. The van der Waals surface area contributed by atoms with Crippen LogP contribution >= 0.6 is 0 Å². The summed E-state index contributed by atoms with van der Waals surface area (Å²) in [4.78, 5) is 41.4. The van der Waals surface area contributed by atoms with E-state index in [2.05, 4.69) is 11.9 Å². The van der Waals surface area contributed by atoms with Gasteiger partial charge in [-0.3, -0.25) is 14.5 Å². The maximum atomic E-state index is 12.9. The van der Waals surface area contributed by atoms with Gasteiger partial charge in [0.2, 0.25) is 0 Å². The van der Waals surface area contributed by atoms with Gasteiger partial charge in [0.05, 0.1) is 11.1 Å². The topological polar surface area (TPSA) is 77.9 Å². The van der Waals surface area contributed by atoms with Gasteiger partial charge in [0.25, 0.3) is 11.8 Å². The molecule has 132 valence electrons. The molecule has 6 heteroatoms. The van der Waals surface area contributed by atoms with E-state index in [0.29, 0.717) is 36.1 Å². The number of rotatable bonds is 3. The minimum atomic E-state index is -1.52. The zero-order valence-corrected chi connectivity index (χ0v) is 14.4. The maximum Gasteiger partial charge on any atom is 0.330 e. The Morgan fingerprint density at radius 1 is 1.08 bits per heavy atom. The average molecular weight is 342 g/mol. The monoisotopic (exact) mass is 342 g/mol. The lowest BCUT2D eigenvalue weighted by Gasteiger charge is -2.46. The van der Waals surface area contributed by atoms with E-state index in [1.54, 1.807) is 31.2 Å². The van der Waals surface area contributed by atoms with Crippen molar-refractivity contribution >= 4 is 17.8 Å². The number of carboxylic acids is 1. The van der Waals surface area contributed by atoms with E-state index in [0.717, 1.165) is 17.7 Å². The number of carboxylic acid groups (broad SMARTS) is 1. The number of fused-ring (bicyclic) bond motifs is 3. The van der Waals surface area contributed by atoms with Crippen LogP contribution < -0.4 is 0 Å². The van der Waals surface area contributed by atoms with Crippen LogP contribution in [0.15, 0.2) is 24.3 Å². The first kappa shape index (κ1) is 16.3. The highest BCUT2D eigenvalue weighted by atomic mass is 16.4. The second-order valence-corrected chi connectivity index (χ2v) is 7.66. The van der Waals surface area contributed by atoms with Crippen molar-refractivity contribution in [2.45, 2.75) is 50.2 Å². The third-order valence-corrected chi connectivity index (χ3v) is 6.58. The first-order valence-corrected chi connectivity index (χ1v) is 8.79. The normalized spacial score (nSPS) is 31.1. The molecule has 0 radical (unpaired) electrons. The SMILES string of the molecule is CN1C2CCC1CC(C(C)(C(=O)O)N1C(=O)c3ccccc3C1=O)C2. The molecular weight excluding hydrogens is 320 g/mol. The molecule has 2 bridgehead atoms. The maximum absolute atomic E-state index is 12.9. The molecule has 2 amide bonds. The highest BCUT2D eigenvalue weighted by molar-refractivity contribution is 6.23. The van der Waals surface area contributed by atoms with Crippen molar-refractivity contribution < 1.29 is 19.5 Å². The standard InChI is InChI=1S/C19H22N2O4/c1-19(18(24)25,11-9-12-7-8-13(10-11)20(12)2)21-16(22)14-5-3-4-6-15(14)17(21)23/h3-6,11-13H,7-10H2,1-2H3,(H,24,25). The van der Waals surface area contributed by atoms with Crippen LogP contribution in [0.2, 0.25) is 0 Å². The van der Waals surface area contributed by atoms with E-state index in [9.17, 15) is 19.5 Å². The smallest absolute Gasteiger partial charge is 0.330 e. The zero-order chi connectivity index (χ0) is 17.9. The zero-order valence-electron chi connectivity index (χ0n) is 14.4. The molecule has 0 aliphatic carbocycles. The lowest BCUT2D eigenvalue weighted by atomic mass is 9.75. The van der Waals surface area contributed by atoms with Gasteiger partial charge in [-0.05, 0) is 57.7 Å². The molecule has 3 heterocycles. The van der Waals surface area contributed by atoms with Gasteiger partial charge < -0.3 is 10.0 Å². The minimum Gasteiger partial charge on any atom is -0.479 e. The lowest BCUT2D eigenvalue weighted by Crippen LogP contribution is -2.62. The van der Waals surface area contributed by atoms with Crippen LogP contribution in [0.5, 0.6) is 0 Å². The number of hydrogen-bond donors (Lipinski definition) is 1. The van der Waals surface area contributed by atoms with Gasteiger partial charge in [-0.15, -0.1) is 0 Å². The summed E-state index contributed by atoms with van der Waals surface area (Å²) in [6, 6.07) is 7.24. The van der Waals surface area contributed by atoms with Crippen LogP contribution in [-0.4, -0.2) is 57.4 Å². The van der Waals surface area contributed by atoms with Crippen molar-refractivity contribution in [3.05, 3.63) is 35.4 Å². The predicted molar refractivity (Wildman–Crippen MR) is 90.3 cm³/mol. The second kappa shape index (κ2) is 5.39. The van der Waals surface area contributed by atoms with E-state index in [4.69, 9.17) is 0 Å². The molecule has 25 heavy (non-hydrogen) atoms. The van der Waals surface area contributed by atoms with E-state index in [-0.39, 0.29) is 5.92 Å².